The highest BCUT2D eigenvalue weighted by Gasteiger charge is 2.21. The van der Waals surface area contributed by atoms with Crippen LogP contribution >= 0.6 is 0 Å². The van der Waals surface area contributed by atoms with E-state index in [1.54, 1.807) is 0 Å². The molecule has 1 aromatic carbocycles. The quantitative estimate of drug-likeness (QED) is 0.523. The Morgan fingerprint density at radius 3 is 2.52 bits per heavy atom. The van der Waals surface area contributed by atoms with Crippen molar-refractivity contribution in [2.75, 3.05) is 11.1 Å². The minimum atomic E-state index is -0.148. The molecule has 152 valence electrons. The Morgan fingerprint density at radius 2 is 1.86 bits per heavy atom. The van der Waals surface area contributed by atoms with Gasteiger partial charge in [0.25, 0.3) is 0 Å². The number of fused-ring (bicyclic) bond motifs is 1. The molecule has 2 heterocycles. The van der Waals surface area contributed by atoms with Crippen LogP contribution in [0.2, 0.25) is 0 Å². The average Bonchev–Trinajstić information content (AvgIpc) is 3.31. The molecule has 1 fully saturated rings. The van der Waals surface area contributed by atoms with Gasteiger partial charge in [-0.15, -0.1) is 0 Å². The van der Waals surface area contributed by atoms with Crippen LogP contribution in [0.3, 0.4) is 0 Å². The van der Waals surface area contributed by atoms with Gasteiger partial charge in [-0.2, -0.15) is 5.10 Å². The Hall–Kier alpha value is -3.09. The van der Waals surface area contributed by atoms with Gasteiger partial charge >= 0.3 is 6.03 Å². The van der Waals surface area contributed by atoms with E-state index in [4.69, 9.17) is 5.73 Å². The number of aromatic amines is 1. The van der Waals surface area contributed by atoms with Crippen molar-refractivity contribution in [1.82, 2.24) is 20.5 Å². The molecular weight excluding hydrogens is 364 g/mol. The largest absolute Gasteiger partial charge is 0.383 e. The van der Waals surface area contributed by atoms with Crippen LogP contribution in [0.15, 0.2) is 30.3 Å². The van der Waals surface area contributed by atoms with Crippen LogP contribution in [0.4, 0.5) is 16.3 Å². The van der Waals surface area contributed by atoms with Gasteiger partial charge in [0, 0.05) is 22.8 Å². The van der Waals surface area contributed by atoms with Crippen molar-refractivity contribution in [3.05, 3.63) is 36.0 Å². The highest BCUT2D eigenvalue weighted by Crippen LogP contribution is 2.34. The molecule has 1 saturated carbocycles. The summed E-state index contributed by atoms with van der Waals surface area (Å²) in [7, 11) is 0. The number of nitrogens with zero attached hydrogens (tertiary/aromatic N) is 2. The molecule has 29 heavy (non-hydrogen) atoms. The topological polar surface area (TPSA) is 109 Å². The molecule has 7 nitrogen and oxygen atoms in total. The zero-order valence-corrected chi connectivity index (χ0v) is 17.2. The van der Waals surface area contributed by atoms with Crippen LogP contribution in [0, 0.1) is 0 Å². The fraction of sp³-hybridized carbons (Fsp3) is 0.409. The Balaban J connectivity index is 1.60. The number of hydrogen-bond donors (Lipinski definition) is 4. The first-order valence-electron chi connectivity index (χ1n) is 10.1. The van der Waals surface area contributed by atoms with E-state index in [1.807, 2.05) is 24.3 Å². The molecule has 4 rings (SSSR count). The maximum atomic E-state index is 12.2. The molecule has 7 heteroatoms. The first-order valence-corrected chi connectivity index (χ1v) is 10.1. The smallest absolute Gasteiger partial charge is 0.319 e. The molecule has 5 N–H and O–H groups in total. The molecule has 2 aromatic heterocycles. The lowest BCUT2D eigenvalue weighted by atomic mass is 9.89. The summed E-state index contributed by atoms with van der Waals surface area (Å²) >= 11 is 0. The molecule has 3 aromatic rings. The van der Waals surface area contributed by atoms with Crippen LogP contribution in [0.5, 0.6) is 0 Å². The van der Waals surface area contributed by atoms with Gasteiger partial charge in [-0.05, 0) is 42.2 Å². The third-order valence-electron chi connectivity index (χ3n) is 5.46. The van der Waals surface area contributed by atoms with Crippen LogP contribution < -0.4 is 16.4 Å². The highest BCUT2D eigenvalue weighted by molar-refractivity contribution is 6.00. The van der Waals surface area contributed by atoms with Crippen LogP contribution in [0.25, 0.3) is 22.2 Å². The van der Waals surface area contributed by atoms with Gasteiger partial charge in [-0.1, -0.05) is 45.7 Å². The number of anilines is 2. The normalized spacial score (nSPS) is 15.0. The number of carbonyl (C=O) groups excluding carboxylic acids is 1. The minimum Gasteiger partial charge on any atom is -0.383 e. The predicted octanol–water partition coefficient (Wildman–Crippen LogP) is 4.57. The van der Waals surface area contributed by atoms with Crippen molar-refractivity contribution >= 4 is 28.6 Å². The van der Waals surface area contributed by atoms with Crippen molar-refractivity contribution < 1.29 is 4.79 Å². The predicted molar refractivity (Wildman–Crippen MR) is 117 cm³/mol. The first-order chi connectivity index (χ1) is 13.8. The minimum absolute atomic E-state index is 0.115. The number of hydrogen-bond acceptors (Lipinski definition) is 4. The first kappa shape index (κ1) is 19.2. The summed E-state index contributed by atoms with van der Waals surface area (Å²) in [5, 5.41) is 13.9. The second-order valence-electron chi connectivity index (χ2n) is 8.80. The zero-order valence-electron chi connectivity index (χ0n) is 17.2. The summed E-state index contributed by atoms with van der Waals surface area (Å²) in [6, 6.07) is 10.00. The van der Waals surface area contributed by atoms with E-state index in [9.17, 15) is 4.79 Å². The Kier molecular flexibility index (Phi) is 4.90. The number of urea groups is 1. The molecule has 0 atom stereocenters. The van der Waals surface area contributed by atoms with Gasteiger partial charge in [-0.3, -0.25) is 5.10 Å². The number of amides is 2. The van der Waals surface area contributed by atoms with E-state index < -0.39 is 0 Å². The second-order valence-corrected chi connectivity index (χ2v) is 8.80. The van der Waals surface area contributed by atoms with Gasteiger partial charge in [0.1, 0.15) is 5.82 Å². The number of nitrogens with two attached hydrogens (primary N) is 1. The number of nitrogens with one attached hydrogen (secondary N) is 3. The number of pyridine rings is 1. The Bertz CT molecular complexity index is 1030. The molecule has 0 aliphatic heterocycles. The van der Waals surface area contributed by atoms with E-state index >= 15 is 0 Å². The van der Waals surface area contributed by atoms with Crippen LogP contribution in [0.1, 0.15) is 52.1 Å². The number of rotatable bonds is 3. The van der Waals surface area contributed by atoms with Crippen molar-refractivity contribution in [3.8, 4) is 11.1 Å². The number of benzene rings is 1. The van der Waals surface area contributed by atoms with E-state index in [2.05, 4.69) is 52.7 Å². The van der Waals surface area contributed by atoms with Gasteiger partial charge < -0.3 is 16.4 Å². The Morgan fingerprint density at radius 1 is 1.17 bits per heavy atom. The fourth-order valence-electron chi connectivity index (χ4n) is 3.81. The van der Waals surface area contributed by atoms with Gasteiger partial charge in [0.05, 0.1) is 5.39 Å². The third-order valence-corrected chi connectivity index (χ3v) is 5.46. The van der Waals surface area contributed by atoms with Crippen molar-refractivity contribution in [1.29, 1.82) is 0 Å². The zero-order chi connectivity index (χ0) is 20.6. The number of nitrogen functional groups attached to an aromatic ring is 1. The molecule has 0 bridgehead atoms. The van der Waals surface area contributed by atoms with Gasteiger partial charge in [0.2, 0.25) is 0 Å². The van der Waals surface area contributed by atoms with Crippen molar-refractivity contribution in [3.63, 3.8) is 0 Å². The maximum Gasteiger partial charge on any atom is 0.319 e. The summed E-state index contributed by atoms with van der Waals surface area (Å²) in [6.07, 6.45) is 4.50. The number of carbonyl (C=O) groups is 1. The van der Waals surface area contributed by atoms with E-state index in [-0.39, 0.29) is 11.4 Å². The molecule has 2 amide bonds. The van der Waals surface area contributed by atoms with Crippen LogP contribution in [-0.2, 0) is 5.41 Å². The van der Waals surface area contributed by atoms with Crippen molar-refractivity contribution in [2.24, 2.45) is 0 Å². The molecule has 0 unspecified atom stereocenters. The van der Waals surface area contributed by atoms with Crippen LogP contribution in [-0.4, -0.2) is 27.3 Å². The SMILES string of the molecule is CC(C)(C)c1cc(-c2ccc(NC(=O)NC3CCCC3)cc2)c2c(N)[nH]nc2n1. The van der Waals surface area contributed by atoms with E-state index in [0.29, 0.717) is 17.5 Å². The van der Waals surface area contributed by atoms with E-state index in [1.165, 1.54) is 12.8 Å². The highest BCUT2D eigenvalue weighted by atomic mass is 16.2. The Labute approximate surface area is 170 Å². The van der Waals surface area contributed by atoms with Gasteiger partial charge in [0.15, 0.2) is 5.65 Å². The number of aromatic nitrogens is 3. The lowest BCUT2D eigenvalue weighted by molar-refractivity contribution is 0.248. The molecular formula is C22H28N6O. The number of H-pyrrole nitrogens is 1. The molecule has 0 spiro atoms. The molecule has 1 aliphatic rings. The summed E-state index contributed by atoms with van der Waals surface area (Å²) in [6.45, 7) is 6.37. The van der Waals surface area contributed by atoms with Crippen molar-refractivity contribution in [2.45, 2.75) is 57.9 Å². The standard InChI is InChI=1S/C22H28N6O/c1-22(2,3)17-12-16(18-19(23)27-28-20(18)26-17)13-8-10-15(11-9-13)25-21(29)24-14-6-4-5-7-14/h8-12,14H,4-7H2,1-3H3,(H2,24,25,29)(H3,23,26,27,28). The lowest BCUT2D eigenvalue weighted by Crippen LogP contribution is -2.36. The maximum absolute atomic E-state index is 12.2. The molecule has 0 radical (unpaired) electrons. The fourth-order valence-corrected chi connectivity index (χ4v) is 3.81. The third kappa shape index (κ3) is 4.04. The average molecular weight is 393 g/mol. The summed E-state index contributed by atoms with van der Waals surface area (Å²) < 4.78 is 0. The monoisotopic (exact) mass is 392 g/mol. The summed E-state index contributed by atoms with van der Waals surface area (Å²) in [5.41, 5.74) is 10.3. The van der Waals surface area contributed by atoms with Gasteiger partial charge in [-0.25, -0.2) is 9.78 Å². The lowest BCUT2D eigenvalue weighted by Gasteiger charge is -2.19. The molecule has 0 saturated heterocycles. The molecule has 1 aliphatic carbocycles. The summed E-state index contributed by atoms with van der Waals surface area (Å²) in [4.78, 5) is 16.9. The summed E-state index contributed by atoms with van der Waals surface area (Å²) in [5.74, 6) is 0.501. The van der Waals surface area contributed by atoms with E-state index in [0.717, 1.165) is 40.7 Å². The second kappa shape index (κ2) is 7.39.